The number of alkyl carbamates (subject to hydrolysis) is 1. The van der Waals surface area contributed by atoms with Gasteiger partial charge >= 0.3 is 13.2 Å². The highest BCUT2D eigenvalue weighted by atomic mass is 16.7. The smallest absolute Gasteiger partial charge is 0.445 e. The van der Waals surface area contributed by atoms with Crippen molar-refractivity contribution in [1.29, 1.82) is 5.26 Å². The maximum atomic E-state index is 13.1. The summed E-state index contributed by atoms with van der Waals surface area (Å²) >= 11 is 0. The molecular weight excluding hydrogens is 529 g/mol. The second-order valence-corrected chi connectivity index (χ2v) is 13.1. The molecule has 1 saturated heterocycles. The first-order chi connectivity index (χ1) is 20.0. The molecule has 2 aromatic rings. The summed E-state index contributed by atoms with van der Waals surface area (Å²) in [6, 6.07) is 19.8. The van der Waals surface area contributed by atoms with E-state index in [4.69, 9.17) is 14.0 Å². The molecule has 2 bridgehead atoms. The molecule has 0 spiro atoms. The fourth-order valence-electron chi connectivity index (χ4n) is 7.24. The highest BCUT2D eigenvalue weighted by molar-refractivity contribution is 6.47. The molecule has 3 saturated carbocycles. The third-order valence-electron chi connectivity index (χ3n) is 9.88. The van der Waals surface area contributed by atoms with Gasteiger partial charge in [-0.05, 0) is 73.0 Å². The minimum atomic E-state index is -0.685. The van der Waals surface area contributed by atoms with Gasteiger partial charge in [0.25, 0.3) is 0 Å². The van der Waals surface area contributed by atoms with Crippen molar-refractivity contribution >= 4 is 19.1 Å². The monoisotopic (exact) mass is 571 g/mol. The van der Waals surface area contributed by atoms with Gasteiger partial charge in [0.05, 0.1) is 23.7 Å². The summed E-state index contributed by atoms with van der Waals surface area (Å²) in [5, 5.41) is 12.4. The zero-order valence-corrected chi connectivity index (χ0v) is 25.3. The van der Waals surface area contributed by atoms with Crippen LogP contribution in [0.25, 0.3) is 0 Å². The molecule has 0 radical (unpaired) electrons. The second-order valence-electron chi connectivity index (χ2n) is 13.1. The number of rotatable bonds is 10. The minimum Gasteiger partial charge on any atom is -0.445 e. The Morgan fingerprint density at radius 1 is 1.10 bits per heavy atom. The Balaban J connectivity index is 1.21. The Morgan fingerprint density at radius 2 is 1.81 bits per heavy atom. The summed E-state index contributed by atoms with van der Waals surface area (Å²) in [4.78, 5) is 26.7. The number of benzene rings is 2. The van der Waals surface area contributed by atoms with Crippen LogP contribution in [-0.4, -0.2) is 55.8 Å². The van der Waals surface area contributed by atoms with Crippen molar-refractivity contribution in [2.75, 3.05) is 14.1 Å². The number of hydrogen-bond donors (Lipinski definition) is 1. The predicted molar refractivity (Wildman–Crippen MR) is 160 cm³/mol. The maximum absolute atomic E-state index is 13.1. The van der Waals surface area contributed by atoms with E-state index in [-0.39, 0.29) is 29.6 Å². The Hall–Kier alpha value is -3.35. The van der Waals surface area contributed by atoms with Gasteiger partial charge in [0.15, 0.2) is 0 Å². The van der Waals surface area contributed by atoms with Crippen molar-refractivity contribution in [1.82, 2.24) is 10.2 Å². The number of carbonyl (C=O) groups excluding carboxylic acids is 2. The molecule has 2 amide bonds. The van der Waals surface area contributed by atoms with Crippen LogP contribution in [0.3, 0.4) is 0 Å². The lowest BCUT2D eigenvalue weighted by atomic mass is 9.43. The topological polar surface area (TPSA) is 101 Å². The van der Waals surface area contributed by atoms with Crippen LogP contribution in [0.1, 0.15) is 56.7 Å². The van der Waals surface area contributed by atoms with E-state index in [2.05, 4.69) is 32.2 Å². The summed E-state index contributed by atoms with van der Waals surface area (Å²) < 4.78 is 18.9. The number of nitrogens with zero attached hydrogens (tertiary/aromatic N) is 2. The van der Waals surface area contributed by atoms with Crippen LogP contribution in [0.4, 0.5) is 4.79 Å². The molecule has 1 unspecified atom stereocenters. The average molecular weight is 572 g/mol. The van der Waals surface area contributed by atoms with E-state index in [1.54, 1.807) is 14.1 Å². The molecule has 222 valence electrons. The minimum absolute atomic E-state index is 0.0201. The molecule has 6 rings (SSSR count). The number of nitrogens with one attached hydrogen (secondary N) is 1. The van der Waals surface area contributed by atoms with Crippen LogP contribution in [0, 0.1) is 34.5 Å². The van der Waals surface area contributed by atoms with Crippen LogP contribution in [0.15, 0.2) is 54.6 Å². The predicted octanol–water partition coefficient (Wildman–Crippen LogP) is 4.95. The molecule has 1 heterocycles. The summed E-state index contributed by atoms with van der Waals surface area (Å²) in [5.41, 5.74) is 2.76. The Labute approximate surface area is 249 Å². The van der Waals surface area contributed by atoms with E-state index in [0.29, 0.717) is 31.1 Å². The average Bonchev–Trinajstić information content (AvgIpc) is 3.34. The fraction of sp³-hybridized carbons (Fsp3) is 0.545. The largest absolute Gasteiger partial charge is 0.482 e. The summed E-state index contributed by atoms with van der Waals surface area (Å²) in [6.07, 6.45) is 3.20. The molecule has 6 atom stereocenters. The Morgan fingerprint density at radius 3 is 2.50 bits per heavy atom. The molecule has 1 N–H and O–H groups in total. The molecule has 8 nitrogen and oxygen atoms in total. The summed E-state index contributed by atoms with van der Waals surface area (Å²) in [7, 11) is 2.74. The molecule has 4 aliphatic rings. The summed E-state index contributed by atoms with van der Waals surface area (Å²) in [6.45, 7) is 6.95. The SMILES string of the molecule is CN(C)C(=O)C(C#N)CCc1cccc(COC(=O)N[C@@H](Cc2ccccc2)B2O[C@@H]3C[C@@H]4C[C@@H](C4(C)C)[C@]3(C)O2)c1. The Kier molecular flexibility index (Phi) is 8.68. The van der Waals surface area contributed by atoms with Gasteiger partial charge < -0.3 is 24.3 Å². The molecule has 9 heteroatoms. The number of hydrogen-bond acceptors (Lipinski definition) is 6. The van der Waals surface area contributed by atoms with E-state index in [9.17, 15) is 14.9 Å². The van der Waals surface area contributed by atoms with Gasteiger partial charge in [-0.3, -0.25) is 4.79 Å². The van der Waals surface area contributed by atoms with E-state index >= 15 is 0 Å². The first-order valence-electron chi connectivity index (χ1n) is 15.0. The van der Waals surface area contributed by atoms with Crippen LogP contribution >= 0.6 is 0 Å². The second kappa shape index (κ2) is 12.1. The first-order valence-corrected chi connectivity index (χ1v) is 15.0. The molecule has 42 heavy (non-hydrogen) atoms. The van der Waals surface area contributed by atoms with Gasteiger partial charge in [0.2, 0.25) is 5.91 Å². The van der Waals surface area contributed by atoms with Crippen molar-refractivity contribution in [3.63, 3.8) is 0 Å². The standard InChI is InChI=1S/C33H42BN3O5/c1-32(2)26-18-27(32)33(3)28(19-26)41-34(42-33)29(17-22-10-7-6-8-11-22)36-31(39)40-21-24-13-9-12-23(16-24)14-15-25(20-35)30(38)37(4)5/h6-13,16,25-29H,14-15,17-19,21H2,1-5H3,(H,36,39)/t25?,26-,27-,28+,29-,33-/m0/s1. The van der Waals surface area contributed by atoms with Gasteiger partial charge in [-0.15, -0.1) is 0 Å². The number of amides is 2. The van der Waals surface area contributed by atoms with Crippen molar-refractivity contribution in [2.45, 2.75) is 77.1 Å². The van der Waals surface area contributed by atoms with Crippen LogP contribution in [-0.2, 0) is 38.3 Å². The van der Waals surface area contributed by atoms with E-state index in [1.807, 2.05) is 54.6 Å². The van der Waals surface area contributed by atoms with E-state index in [1.165, 1.54) is 4.90 Å². The molecule has 2 aromatic carbocycles. The van der Waals surface area contributed by atoms with E-state index in [0.717, 1.165) is 29.5 Å². The zero-order valence-electron chi connectivity index (χ0n) is 25.3. The highest BCUT2D eigenvalue weighted by Gasteiger charge is 2.68. The Bertz CT molecular complexity index is 1330. The third kappa shape index (κ3) is 6.06. The number of nitriles is 1. The van der Waals surface area contributed by atoms with Crippen LogP contribution in [0.5, 0.6) is 0 Å². The van der Waals surface area contributed by atoms with Gasteiger partial charge in [-0.25, -0.2) is 4.79 Å². The van der Waals surface area contributed by atoms with Gasteiger partial charge in [0, 0.05) is 14.1 Å². The third-order valence-corrected chi connectivity index (χ3v) is 9.88. The van der Waals surface area contributed by atoms with Crippen molar-refractivity contribution in [3.8, 4) is 6.07 Å². The van der Waals surface area contributed by atoms with E-state index < -0.39 is 25.1 Å². The number of carbonyl (C=O) groups is 2. The normalized spacial score (nSPS) is 26.7. The summed E-state index contributed by atoms with van der Waals surface area (Å²) in [5.74, 6) is -0.215. The number of ether oxygens (including phenoxy) is 1. The first kappa shape index (κ1) is 30.1. The molecule has 1 aliphatic heterocycles. The lowest BCUT2D eigenvalue weighted by molar-refractivity contribution is -0.199. The lowest BCUT2D eigenvalue weighted by Crippen LogP contribution is -2.65. The van der Waals surface area contributed by atoms with Crippen LogP contribution in [0.2, 0.25) is 0 Å². The molecule has 4 fully saturated rings. The molecule has 0 aromatic heterocycles. The van der Waals surface area contributed by atoms with Gasteiger partial charge in [-0.1, -0.05) is 68.4 Å². The van der Waals surface area contributed by atoms with Crippen molar-refractivity contribution in [3.05, 3.63) is 71.3 Å². The maximum Gasteiger partial charge on any atom is 0.482 e. The molecule has 3 aliphatic carbocycles. The number of aryl methyl sites for hydroxylation is 1. The highest BCUT2D eigenvalue weighted by Crippen LogP contribution is 2.65. The van der Waals surface area contributed by atoms with Crippen molar-refractivity contribution in [2.24, 2.45) is 23.2 Å². The quantitative estimate of drug-likeness (QED) is 0.405. The van der Waals surface area contributed by atoms with Gasteiger partial charge in [-0.2, -0.15) is 5.26 Å². The van der Waals surface area contributed by atoms with Gasteiger partial charge in [0.1, 0.15) is 12.5 Å². The fourth-order valence-corrected chi connectivity index (χ4v) is 7.24. The zero-order chi connectivity index (χ0) is 30.1. The van der Waals surface area contributed by atoms with Crippen LogP contribution < -0.4 is 5.32 Å². The van der Waals surface area contributed by atoms with Crippen molar-refractivity contribution < 1.29 is 23.6 Å². The molecular formula is C33H42BN3O5. The lowest BCUT2D eigenvalue weighted by Gasteiger charge is -2.64.